The van der Waals surface area contributed by atoms with E-state index in [1.807, 2.05) is 0 Å². The van der Waals surface area contributed by atoms with E-state index in [2.05, 4.69) is 13.8 Å². The van der Waals surface area contributed by atoms with Crippen molar-refractivity contribution in [2.75, 3.05) is 4.90 Å². The second-order valence-electron chi connectivity index (χ2n) is 7.24. The van der Waals surface area contributed by atoms with Crippen molar-refractivity contribution in [3.05, 3.63) is 64.7 Å². The van der Waals surface area contributed by atoms with Gasteiger partial charge in [0.1, 0.15) is 11.5 Å². The molecule has 2 aromatic carbocycles. The van der Waals surface area contributed by atoms with Crippen LogP contribution in [0, 0.1) is 11.8 Å². The minimum absolute atomic E-state index is 0.0942. The second kappa shape index (κ2) is 6.86. The third-order valence-electron chi connectivity index (χ3n) is 5.49. The zero-order valence-electron chi connectivity index (χ0n) is 15.2. The number of rotatable bonds is 3. The number of ether oxygens (including phenoxy) is 1. The molecule has 2 aromatic rings. The Labute approximate surface area is 163 Å². The summed E-state index contributed by atoms with van der Waals surface area (Å²) in [6.45, 7) is 4.10. The molecule has 1 aliphatic carbocycles. The minimum Gasteiger partial charge on any atom is -0.457 e. The molecule has 1 heterocycles. The second-order valence-corrected chi connectivity index (χ2v) is 7.68. The molecular weight excluding hydrogens is 362 g/mol. The maximum Gasteiger partial charge on any atom is 0.238 e. The van der Waals surface area contributed by atoms with Crippen LogP contribution >= 0.6 is 11.6 Å². The van der Waals surface area contributed by atoms with Gasteiger partial charge in [0.15, 0.2) is 0 Å². The maximum absolute atomic E-state index is 12.8. The van der Waals surface area contributed by atoms with Gasteiger partial charge < -0.3 is 4.74 Å². The Hall–Kier alpha value is -2.59. The summed E-state index contributed by atoms with van der Waals surface area (Å²) >= 11 is 5.88. The molecule has 2 aliphatic rings. The SMILES string of the molecule is CC1=C(C)CC2C(=O)N(c3ccc(Oc4ccc(Cl)cc4)cc3)C(=O)C2C1. The molecule has 27 heavy (non-hydrogen) atoms. The number of anilines is 1. The summed E-state index contributed by atoms with van der Waals surface area (Å²) in [6.07, 6.45) is 1.35. The Kier molecular flexibility index (Phi) is 4.52. The lowest BCUT2D eigenvalue weighted by molar-refractivity contribution is -0.122. The molecule has 0 saturated carbocycles. The van der Waals surface area contributed by atoms with Crippen LogP contribution in [0.25, 0.3) is 0 Å². The minimum atomic E-state index is -0.230. The lowest BCUT2D eigenvalue weighted by Crippen LogP contribution is -2.30. The van der Waals surface area contributed by atoms with Gasteiger partial charge in [0.2, 0.25) is 11.8 Å². The standard InChI is InChI=1S/C22H20ClNO3/c1-13-11-19-20(12-14(13)2)22(26)24(21(19)25)16-5-9-18(10-6-16)27-17-7-3-15(23)4-8-17/h3-10,19-20H,11-12H2,1-2H3. The number of fused-ring (bicyclic) bond motifs is 1. The molecule has 0 aromatic heterocycles. The summed E-state index contributed by atoms with van der Waals surface area (Å²) < 4.78 is 5.77. The number of allylic oxidation sites excluding steroid dienone is 2. The largest absolute Gasteiger partial charge is 0.457 e. The molecule has 4 nitrogen and oxygen atoms in total. The molecule has 1 saturated heterocycles. The average Bonchev–Trinajstić information content (AvgIpc) is 2.89. The first-order valence-electron chi connectivity index (χ1n) is 9.00. The normalized spacial score (nSPS) is 22.3. The zero-order chi connectivity index (χ0) is 19.1. The number of carbonyl (C=O) groups excluding carboxylic acids is 2. The molecular formula is C22H20ClNO3. The Bertz CT molecular complexity index is 899. The van der Waals surface area contributed by atoms with Crippen molar-refractivity contribution in [2.24, 2.45) is 11.8 Å². The van der Waals surface area contributed by atoms with Crippen LogP contribution in [-0.4, -0.2) is 11.8 Å². The van der Waals surface area contributed by atoms with Crippen LogP contribution in [0.5, 0.6) is 11.5 Å². The van der Waals surface area contributed by atoms with Crippen molar-refractivity contribution in [1.82, 2.24) is 0 Å². The number of carbonyl (C=O) groups is 2. The molecule has 2 unspecified atom stereocenters. The monoisotopic (exact) mass is 381 g/mol. The molecule has 0 N–H and O–H groups in total. The number of benzene rings is 2. The lowest BCUT2D eigenvalue weighted by Gasteiger charge is -2.23. The Morgan fingerprint density at radius 1 is 0.815 bits per heavy atom. The molecule has 0 bridgehead atoms. The number of amides is 2. The van der Waals surface area contributed by atoms with Crippen molar-refractivity contribution in [2.45, 2.75) is 26.7 Å². The van der Waals surface area contributed by atoms with Crippen LogP contribution < -0.4 is 9.64 Å². The van der Waals surface area contributed by atoms with Crippen LogP contribution in [0.4, 0.5) is 5.69 Å². The van der Waals surface area contributed by atoms with E-state index < -0.39 is 0 Å². The topological polar surface area (TPSA) is 46.6 Å². The van der Waals surface area contributed by atoms with E-state index in [0.29, 0.717) is 35.1 Å². The number of halogens is 1. The quantitative estimate of drug-likeness (QED) is 0.530. The van der Waals surface area contributed by atoms with E-state index in [1.54, 1.807) is 48.5 Å². The molecule has 1 aliphatic heterocycles. The third kappa shape index (κ3) is 3.26. The van der Waals surface area contributed by atoms with Gasteiger partial charge in [0, 0.05) is 5.02 Å². The van der Waals surface area contributed by atoms with E-state index >= 15 is 0 Å². The molecule has 4 rings (SSSR count). The van der Waals surface area contributed by atoms with Crippen molar-refractivity contribution >= 4 is 29.1 Å². The van der Waals surface area contributed by atoms with Crippen molar-refractivity contribution in [3.63, 3.8) is 0 Å². The summed E-state index contributed by atoms with van der Waals surface area (Å²) in [5.74, 6) is 0.651. The number of hydrogen-bond donors (Lipinski definition) is 0. The van der Waals surface area contributed by atoms with Gasteiger partial charge in [-0.25, -0.2) is 0 Å². The van der Waals surface area contributed by atoms with E-state index in [9.17, 15) is 9.59 Å². The highest BCUT2D eigenvalue weighted by Gasteiger charge is 2.49. The van der Waals surface area contributed by atoms with Crippen molar-refractivity contribution in [3.8, 4) is 11.5 Å². The average molecular weight is 382 g/mol. The molecule has 1 fully saturated rings. The first-order valence-corrected chi connectivity index (χ1v) is 9.38. The molecule has 0 spiro atoms. The summed E-state index contributed by atoms with van der Waals surface area (Å²) in [5, 5.41) is 0.644. The summed E-state index contributed by atoms with van der Waals surface area (Å²) in [6, 6.07) is 14.1. The molecule has 138 valence electrons. The van der Waals surface area contributed by atoms with Crippen LogP contribution in [0.3, 0.4) is 0 Å². The van der Waals surface area contributed by atoms with Crippen molar-refractivity contribution in [1.29, 1.82) is 0 Å². The Morgan fingerprint density at radius 2 is 1.26 bits per heavy atom. The van der Waals surface area contributed by atoms with Gasteiger partial charge in [-0.2, -0.15) is 0 Å². The van der Waals surface area contributed by atoms with Crippen LogP contribution in [0.15, 0.2) is 59.7 Å². The van der Waals surface area contributed by atoms with E-state index in [4.69, 9.17) is 16.3 Å². The van der Waals surface area contributed by atoms with E-state index in [-0.39, 0.29) is 23.7 Å². The van der Waals surface area contributed by atoms with E-state index in [0.717, 1.165) is 0 Å². The third-order valence-corrected chi connectivity index (χ3v) is 5.74. The predicted molar refractivity (Wildman–Crippen MR) is 105 cm³/mol. The zero-order valence-corrected chi connectivity index (χ0v) is 16.0. The van der Waals surface area contributed by atoms with Gasteiger partial charge in [-0.1, -0.05) is 22.7 Å². The number of hydrogen-bond acceptors (Lipinski definition) is 3. The first kappa shape index (κ1) is 17.8. The molecule has 2 amide bonds. The fraction of sp³-hybridized carbons (Fsp3) is 0.273. The van der Waals surface area contributed by atoms with Gasteiger partial charge in [0.05, 0.1) is 17.5 Å². The Balaban J connectivity index is 1.53. The van der Waals surface area contributed by atoms with Crippen LogP contribution in [0.2, 0.25) is 5.02 Å². The fourth-order valence-corrected chi connectivity index (χ4v) is 3.93. The highest BCUT2D eigenvalue weighted by Crippen LogP contribution is 2.42. The van der Waals surface area contributed by atoms with E-state index in [1.165, 1.54) is 16.0 Å². The predicted octanol–water partition coefficient (Wildman–Crippen LogP) is 5.37. The summed E-state index contributed by atoms with van der Waals surface area (Å²) in [7, 11) is 0. The first-order chi connectivity index (χ1) is 12.9. The van der Waals surface area contributed by atoms with Gasteiger partial charge in [-0.15, -0.1) is 0 Å². The molecule has 2 atom stereocenters. The summed E-state index contributed by atoms with van der Waals surface area (Å²) in [4.78, 5) is 27.0. The highest BCUT2D eigenvalue weighted by molar-refractivity contribution is 6.30. The highest BCUT2D eigenvalue weighted by atomic mass is 35.5. The van der Waals surface area contributed by atoms with Crippen LogP contribution in [0.1, 0.15) is 26.7 Å². The van der Waals surface area contributed by atoms with Crippen LogP contribution in [-0.2, 0) is 9.59 Å². The van der Waals surface area contributed by atoms with Gasteiger partial charge in [0.25, 0.3) is 0 Å². The molecule has 0 radical (unpaired) electrons. The summed E-state index contributed by atoms with van der Waals surface area (Å²) in [5.41, 5.74) is 3.05. The van der Waals surface area contributed by atoms with Gasteiger partial charge >= 0.3 is 0 Å². The van der Waals surface area contributed by atoms with Crippen molar-refractivity contribution < 1.29 is 14.3 Å². The smallest absolute Gasteiger partial charge is 0.238 e. The molecule has 5 heteroatoms. The Morgan fingerprint density at radius 3 is 1.74 bits per heavy atom. The number of imide groups is 1. The van der Waals surface area contributed by atoms with Gasteiger partial charge in [-0.3, -0.25) is 14.5 Å². The lowest BCUT2D eigenvalue weighted by atomic mass is 9.78. The van der Waals surface area contributed by atoms with Gasteiger partial charge in [-0.05, 0) is 75.2 Å². The maximum atomic E-state index is 12.8. The fourth-order valence-electron chi connectivity index (χ4n) is 3.81. The number of nitrogens with zero attached hydrogens (tertiary/aromatic N) is 1.